The summed E-state index contributed by atoms with van der Waals surface area (Å²) in [4.78, 5) is 13.9. The smallest absolute Gasteiger partial charge is 0.167 e. The molecule has 0 saturated carbocycles. The normalized spacial score (nSPS) is 18.9. The minimum atomic E-state index is -0.881. The molecule has 0 spiro atoms. The van der Waals surface area contributed by atoms with Gasteiger partial charge in [0.2, 0.25) is 0 Å². The minimum Gasteiger partial charge on any atom is -0.392 e. The molecular weight excluding hydrogens is 368 g/mol. The van der Waals surface area contributed by atoms with Gasteiger partial charge in [-0.1, -0.05) is 62.0 Å². The Labute approximate surface area is 171 Å². The molecule has 1 atom stereocenters. The summed E-state index contributed by atoms with van der Waals surface area (Å²) < 4.78 is 0. The molecule has 148 valence electrons. The molecule has 5 heteroatoms. The average molecular weight is 397 g/mol. The minimum absolute atomic E-state index is 0.00425. The maximum Gasteiger partial charge on any atom is 0.167 e. The van der Waals surface area contributed by atoms with Crippen LogP contribution in [-0.2, 0) is 0 Å². The molecule has 0 saturated heterocycles. The van der Waals surface area contributed by atoms with Gasteiger partial charge in [0, 0.05) is 16.2 Å². The second kappa shape index (κ2) is 8.41. The molecule has 1 heterocycles. The van der Waals surface area contributed by atoms with Crippen molar-refractivity contribution in [2.75, 3.05) is 6.61 Å². The number of aliphatic hydroxyl groups is 1. The van der Waals surface area contributed by atoms with Crippen LogP contribution in [-0.4, -0.2) is 23.2 Å². The second-order valence-corrected chi connectivity index (χ2v) is 8.86. The Morgan fingerprint density at radius 3 is 2.29 bits per heavy atom. The van der Waals surface area contributed by atoms with Crippen molar-refractivity contribution in [2.24, 2.45) is 5.92 Å². The van der Waals surface area contributed by atoms with E-state index >= 15 is 0 Å². The molecule has 0 aliphatic carbocycles. The van der Waals surface area contributed by atoms with Gasteiger partial charge >= 0.3 is 0 Å². The Hall–Kier alpha value is -2.24. The number of allylic oxidation sites excluding steroid dienone is 1. The maximum absolute atomic E-state index is 12.8. The van der Waals surface area contributed by atoms with Crippen LogP contribution < -0.4 is 10.6 Å². The molecule has 0 aromatic heterocycles. The first-order valence-corrected chi connectivity index (χ1v) is 10.4. The van der Waals surface area contributed by atoms with Gasteiger partial charge in [0.15, 0.2) is 5.78 Å². The van der Waals surface area contributed by atoms with Crippen LogP contribution in [0.25, 0.3) is 0 Å². The van der Waals surface area contributed by atoms with E-state index in [1.807, 2.05) is 30.3 Å². The van der Waals surface area contributed by atoms with E-state index in [9.17, 15) is 9.90 Å². The van der Waals surface area contributed by atoms with Crippen molar-refractivity contribution < 1.29 is 9.90 Å². The number of aryl methyl sites for hydroxylation is 2. The van der Waals surface area contributed by atoms with E-state index in [2.05, 4.69) is 56.5 Å². The Morgan fingerprint density at radius 2 is 1.71 bits per heavy atom. The number of ketones is 1. The number of rotatable bonds is 7. The monoisotopic (exact) mass is 396 g/mol. The molecule has 1 unspecified atom stereocenters. The summed E-state index contributed by atoms with van der Waals surface area (Å²) in [5.74, 6) is 0.233. The molecule has 3 rings (SSSR count). The number of carbonyl (C=O) groups is 1. The predicted molar refractivity (Wildman–Crippen MR) is 115 cm³/mol. The first kappa shape index (κ1) is 20.5. The van der Waals surface area contributed by atoms with Crippen LogP contribution in [0, 0.1) is 19.8 Å². The number of thioether (sulfide) groups is 1. The van der Waals surface area contributed by atoms with E-state index in [1.54, 1.807) is 11.8 Å². The topological polar surface area (TPSA) is 61.4 Å². The fourth-order valence-electron chi connectivity index (χ4n) is 3.45. The first-order chi connectivity index (χ1) is 13.3. The fraction of sp³-hybridized carbons (Fsp3) is 0.348. The van der Waals surface area contributed by atoms with Gasteiger partial charge in [0.25, 0.3) is 0 Å². The molecule has 1 aliphatic rings. The summed E-state index contributed by atoms with van der Waals surface area (Å²) in [7, 11) is 0. The highest BCUT2D eigenvalue weighted by Gasteiger charge is 2.40. The number of aliphatic hydroxyl groups excluding tert-OH is 1. The van der Waals surface area contributed by atoms with Gasteiger partial charge in [-0.2, -0.15) is 0 Å². The van der Waals surface area contributed by atoms with E-state index in [-0.39, 0.29) is 24.7 Å². The maximum atomic E-state index is 12.8. The molecule has 0 radical (unpaired) electrons. The van der Waals surface area contributed by atoms with Crippen molar-refractivity contribution in [3.8, 4) is 0 Å². The molecule has 0 fully saturated rings. The summed E-state index contributed by atoms with van der Waals surface area (Å²) in [6.07, 6.45) is 0.167. The average Bonchev–Trinajstić information content (AvgIpc) is 3.00. The third-order valence-corrected chi connectivity index (χ3v) is 5.79. The van der Waals surface area contributed by atoms with Crippen LogP contribution in [0.4, 0.5) is 0 Å². The number of Topliss-reactive ketones (excluding diaryl/α,β-unsaturated/α-hetero) is 1. The Kier molecular flexibility index (Phi) is 6.16. The van der Waals surface area contributed by atoms with Crippen molar-refractivity contribution in [1.29, 1.82) is 0 Å². The lowest BCUT2D eigenvalue weighted by Crippen LogP contribution is -2.55. The molecule has 2 aromatic carbocycles. The highest BCUT2D eigenvalue weighted by molar-refractivity contribution is 8.03. The van der Waals surface area contributed by atoms with Crippen molar-refractivity contribution >= 4 is 17.5 Å². The van der Waals surface area contributed by atoms with E-state index in [4.69, 9.17) is 0 Å². The summed E-state index contributed by atoms with van der Waals surface area (Å²) in [6, 6.07) is 15.7. The quantitative estimate of drug-likeness (QED) is 0.607. The largest absolute Gasteiger partial charge is 0.392 e. The van der Waals surface area contributed by atoms with Gasteiger partial charge < -0.3 is 15.7 Å². The Bertz CT molecular complexity index is 872. The van der Waals surface area contributed by atoms with Crippen LogP contribution in [0.2, 0.25) is 0 Å². The molecule has 0 bridgehead atoms. The Morgan fingerprint density at radius 1 is 1.07 bits per heavy atom. The zero-order valence-electron chi connectivity index (χ0n) is 16.9. The van der Waals surface area contributed by atoms with Gasteiger partial charge in [0.05, 0.1) is 18.1 Å². The number of hydrogen-bond donors (Lipinski definition) is 3. The molecule has 2 aromatic rings. The number of nitrogens with one attached hydrogen (secondary N) is 2. The predicted octanol–water partition coefficient (Wildman–Crippen LogP) is 4.38. The van der Waals surface area contributed by atoms with Crippen LogP contribution >= 0.6 is 11.8 Å². The van der Waals surface area contributed by atoms with Crippen LogP contribution in [0.15, 0.2) is 64.2 Å². The van der Waals surface area contributed by atoms with E-state index < -0.39 is 5.66 Å². The van der Waals surface area contributed by atoms with E-state index in [0.29, 0.717) is 5.56 Å². The van der Waals surface area contributed by atoms with Gasteiger partial charge in [-0.25, -0.2) is 0 Å². The van der Waals surface area contributed by atoms with Crippen LogP contribution in [0.3, 0.4) is 0 Å². The summed E-state index contributed by atoms with van der Waals surface area (Å²) >= 11 is 1.64. The van der Waals surface area contributed by atoms with Crippen molar-refractivity contribution in [3.05, 3.63) is 75.9 Å². The summed E-state index contributed by atoms with van der Waals surface area (Å²) in [6.45, 7) is 8.22. The van der Waals surface area contributed by atoms with Crippen LogP contribution in [0.1, 0.15) is 41.8 Å². The molecule has 3 N–H and O–H groups in total. The summed E-state index contributed by atoms with van der Waals surface area (Å²) in [5.41, 5.74) is 3.23. The van der Waals surface area contributed by atoms with Gasteiger partial charge in [-0.3, -0.25) is 4.79 Å². The molecule has 0 amide bonds. The van der Waals surface area contributed by atoms with E-state index in [0.717, 1.165) is 15.6 Å². The Balaban J connectivity index is 1.84. The third kappa shape index (κ3) is 4.59. The lowest BCUT2D eigenvalue weighted by molar-refractivity contribution is 0.0868. The first-order valence-electron chi connectivity index (χ1n) is 9.58. The SMILES string of the molecule is Cc1cc(C)cc(SC2=C(C(C)C)NC(CO)(CC(=O)c3ccccc3)N2)c1. The van der Waals surface area contributed by atoms with Crippen molar-refractivity contribution in [1.82, 2.24) is 10.6 Å². The standard InChI is InChI=1S/C23H28N2O2S/c1-15(2)21-22(28-19-11-16(3)10-17(4)12-19)25-23(14-26,24-21)13-20(27)18-8-6-5-7-9-18/h5-12,15,24-26H,13-14H2,1-4H3. The van der Waals surface area contributed by atoms with Crippen molar-refractivity contribution in [2.45, 2.75) is 44.7 Å². The highest BCUT2D eigenvalue weighted by atomic mass is 32.2. The van der Waals surface area contributed by atoms with Gasteiger partial charge in [-0.15, -0.1) is 0 Å². The third-order valence-electron chi connectivity index (χ3n) is 4.79. The zero-order chi connectivity index (χ0) is 20.3. The lowest BCUT2D eigenvalue weighted by atomic mass is 9.99. The second-order valence-electron chi connectivity index (χ2n) is 7.78. The fourth-order valence-corrected chi connectivity index (χ4v) is 4.82. The molecular formula is C23H28N2O2S. The van der Waals surface area contributed by atoms with Gasteiger partial charge in [-0.05, 0) is 43.0 Å². The number of carbonyl (C=O) groups excluding carboxylic acids is 1. The highest BCUT2D eigenvalue weighted by Crippen LogP contribution is 2.36. The molecule has 1 aliphatic heterocycles. The van der Waals surface area contributed by atoms with E-state index in [1.165, 1.54) is 11.1 Å². The lowest BCUT2D eigenvalue weighted by Gasteiger charge is -2.30. The zero-order valence-corrected chi connectivity index (χ0v) is 17.7. The van der Waals surface area contributed by atoms with Gasteiger partial charge in [0.1, 0.15) is 5.66 Å². The van der Waals surface area contributed by atoms with Crippen LogP contribution in [0.5, 0.6) is 0 Å². The molecule has 28 heavy (non-hydrogen) atoms. The molecule has 4 nitrogen and oxygen atoms in total. The summed E-state index contributed by atoms with van der Waals surface area (Å²) in [5, 5.41) is 18.0. The number of benzene rings is 2. The van der Waals surface area contributed by atoms with Crippen molar-refractivity contribution in [3.63, 3.8) is 0 Å². The number of hydrogen-bond acceptors (Lipinski definition) is 5.